The summed E-state index contributed by atoms with van der Waals surface area (Å²) in [5.74, 6) is -1.30. The number of carbonyl (C=O) groups is 3. The minimum absolute atomic E-state index is 0.200. The lowest BCUT2D eigenvalue weighted by Gasteiger charge is -2.07. The van der Waals surface area contributed by atoms with Gasteiger partial charge in [-0.2, -0.15) is 0 Å². The summed E-state index contributed by atoms with van der Waals surface area (Å²) in [6, 6.07) is 5.89. The third kappa shape index (κ3) is 6.42. The zero-order valence-electron chi connectivity index (χ0n) is 11.7. The smallest absolute Gasteiger partial charge is 0.335 e. The van der Waals surface area contributed by atoms with Crippen molar-refractivity contribution in [1.29, 1.82) is 0 Å². The molecule has 0 aromatic heterocycles. The maximum atomic E-state index is 11.5. The Kier molecular flexibility index (Phi) is 6.73. The van der Waals surface area contributed by atoms with Crippen LogP contribution >= 0.6 is 0 Å². The maximum absolute atomic E-state index is 11.5. The molecule has 21 heavy (non-hydrogen) atoms. The molecular formula is C14H18N2O5. The number of hydrogen-bond donors (Lipinski definition) is 3. The fourth-order valence-electron chi connectivity index (χ4n) is 1.55. The first-order valence-corrected chi connectivity index (χ1v) is 6.43. The molecule has 0 spiro atoms. The van der Waals surface area contributed by atoms with Gasteiger partial charge in [-0.1, -0.05) is 12.1 Å². The Bertz CT molecular complexity index is 499. The first-order valence-electron chi connectivity index (χ1n) is 6.43. The molecule has 0 saturated heterocycles. The number of rotatable bonds is 7. The van der Waals surface area contributed by atoms with Crippen LogP contribution in [-0.4, -0.2) is 36.7 Å². The number of carbonyl (C=O) groups excluding carboxylic acids is 2. The SMILES string of the molecule is COC(=O)CCCNC(=O)NCc1ccc(C(=O)O)cc1. The molecule has 1 rings (SSSR count). The molecule has 2 amide bonds. The summed E-state index contributed by atoms with van der Waals surface area (Å²) in [6.45, 7) is 0.668. The molecule has 3 N–H and O–H groups in total. The zero-order valence-corrected chi connectivity index (χ0v) is 11.7. The normalized spacial score (nSPS) is 9.76. The molecule has 0 radical (unpaired) electrons. The minimum Gasteiger partial charge on any atom is -0.478 e. The number of methoxy groups -OCH3 is 1. The summed E-state index contributed by atoms with van der Waals surface area (Å²) in [4.78, 5) is 33.0. The second-order valence-electron chi connectivity index (χ2n) is 4.29. The summed E-state index contributed by atoms with van der Waals surface area (Å²) in [5.41, 5.74) is 0.996. The van der Waals surface area contributed by atoms with E-state index in [9.17, 15) is 14.4 Å². The van der Waals surface area contributed by atoms with E-state index in [1.165, 1.54) is 19.2 Å². The molecule has 0 atom stereocenters. The highest BCUT2D eigenvalue weighted by Gasteiger charge is 2.04. The zero-order chi connectivity index (χ0) is 15.7. The van der Waals surface area contributed by atoms with Gasteiger partial charge in [-0.15, -0.1) is 0 Å². The van der Waals surface area contributed by atoms with Gasteiger partial charge in [0.25, 0.3) is 0 Å². The van der Waals surface area contributed by atoms with Crippen molar-refractivity contribution >= 4 is 18.0 Å². The summed E-state index contributed by atoms with van der Waals surface area (Å²) in [6.07, 6.45) is 0.765. The van der Waals surface area contributed by atoms with E-state index in [1.807, 2.05) is 0 Å². The van der Waals surface area contributed by atoms with Gasteiger partial charge in [-0.3, -0.25) is 4.79 Å². The fourth-order valence-corrected chi connectivity index (χ4v) is 1.55. The minimum atomic E-state index is -0.988. The van der Waals surface area contributed by atoms with E-state index < -0.39 is 5.97 Å². The van der Waals surface area contributed by atoms with Crippen LogP contribution in [0.2, 0.25) is 0 Å². The van der Waals surface area contributed by atoms with Crippen molar-refractivity contribution in [2.24, 2.45) is 0 Å². The molecule has 1 aromatic rings. The average molecular weight is 294 g/mol. The van der Waals surface area contributed by atoms with Gasteiger partial charge in [-0.25, -0.2) is 9.59 Å². The van der Waals surface area contributed by atoms with Gasteiger partial charge in [0.1, 0.15) is 0 Å². The summed E-state index contributed by atoms with van der Waals surface area (Å²) in [7, 11) is 1.32. The summed E-state index contributed by atoms with van der Waals surface area (Å²) >= 11 is 0. The van der Waals surface area contributed by atoms with Crippen LogP contribution in [0.5, 0.6) is 0 Å². The molecule has 0 aliphatic carbocycles. The molecule has 0 unspecified atom stereocenters. The van der Waals surface area contributed by atoms with E-state index in [0.717, 1.165) is 5.56 Å². The molecule has 0 aliphatic heterocycles. The molecule has 0 bridgehead atoms. The second kappa shape index (κ2) is 8.57. The van der Waals surface area contributed by atoms with Crippen LogP contribution in [0.4, 0.5) is 4.79 Å². The quantitative estimate of drug-likeness (QED) is 0.516. The molecule has 7 heteroatoms. The Morgan fingerprint density at radius 2 is 1.81 bits per heavy atom. The molecule has 7 nitrogen and oxygen atoms in total. The number of carboxylic acids is 1. The van der Waals surface area contributed by atoms with Crippen LogP contribution in [0.1, 0.15) is 28.8 Å². The molecule has 114 valence electrons. The van der Waals surface area contributed by atoms with Crippen molar-refractivity contribution in [1.82, 2.24) is 10.6 Å². The van der Waals surface area contributed by atoms with E-state index in [-0.39, 0.29) is 24.0 Å². The number of benzene rings is 1. The van der Waals surface area contributed by atoms with Crippen LogP contribution < -0.4 is 10.6 Å². The van der Waals surface area contributed by atoms with Crippen molar-refractivity contribution in [2.45, 2.75) is 19.4 Å². The first-order chi connectivity index (χ1) is 10.0. The summed E-state index contributed by atoms with van der Waals surface area (Å²) in [5, 5.41) is 14.0. The highest BCUT2D eigenvalue weighted by molar-refractivity contribution is 5.87. The number of aromatic carboxylic acids is 1. The predicted octanol–water partition coefficient (Wildman–Crippen LogP) is 1.14. The monoisotopic (exact) mass is 294 g/mol. The van der Waals surface area contributed by atoms with Gasteiger partial charge in [0.2, 0.25) is 0 Å². The van der Waals surface area contributed by atoms with Crippen molar-refractivity contribution in [3.05, 3.63) is 35.4 Å². The third-order valence-corrected chi connectivity index (χ3v) is 2.72. The van der Waals surface area contributed by atoms with Crippen molar-refractivity contribution in [3.8, 4) is 0 Å². The predicted molar refractivity (Wildman–Crippen MR) is 74.9 cm³/mol. The van der Waals surface area contributed by atoms with Gasteiger partial charge in [0.05, 0.1) is 12.7 Å². The van der Waals surface area contributed by atoms with E-state index in [2.05, 4.69) is 15.4 Å². The Morgan fingerprint density at radius 1 is 1.14 bits per heavy atom. The third-order valence-electron chi connectivity index (χ3n) is 2.72. The molecular weight excluding hydrogens is 276 g/mol. The number of hydrogen-bond acceptors (Lipinski definition) is 4. The molecule has 0 saturated carbocycles. The van der Waals surface area contributed by atoms with Gasteiger partial charge < -0.3 is 20.5 Å². The molecule has 0 fully saturated rings. The van der Waals surface area contributed by atoms with Crippen LogP contribution in [-0.2, 0) is 16.1 Å². The van der Waals surface area contributed by atoms with Crippen molar-refractivity contribution in [3.63, 3.8) is 0 Å². The van der Waals surface area contributed by atoms with Gasteiger partial charge >= 0.3 is 18.0 Å². The first kappa shape index (κ1) is 16.5. The molecule has 0 aliphatic rings. The van der Waals surface area contributed by atoms with Crippen LogP contribution in [0, 0.1) is 0 Å². The average Bonchev–Trinajstić information content (AvgIpc) is 2.49. The summed E-state index contributed by atoms with van der Waals surface area (Å²) < 4.78 is 4.48. The molecule has 1 aromatic carbocycles. The van der Waals surface area contributed by atoms with E-state index in [1.54, 1.807) is 12.1 Å². The van der Waals surface area contributed by atoms with Gasteiger partial charge in [0, 0.05) is 19.5 Å². The van der Waals surface area contributed by atoms with E-state index >= 15 is 0 Å². The number of urea groups is 1. The highest BCUT2D eigenvalue weighted by atomic mass is 16.5. The standard InChI is InChI=1S/C14H18N2O5/c1-21-12(17)3-2-8-15-14(20)16-9-10-4-6-11(7-5-10)13(18)19/h4-7H,2-3,8-9H2,1H3,(H,18,19)(H2,15,16,20). The fraction of sp³-hybridized carbons (Fsp3) is 0.357. The van der Waals surface area contributed by atoms with Crippen molar-refractivity contribution in [2.75, 3.05) is 13.7 Å². The lowest BCUT2D eigenvalue weighted by molar-refractivity contribution is -0.140. The van der Waals surface area contributed by atoms with Crippen LogP contribution in [0.3, 0.4) is 0 Å². The maximum Gasteiger partial charge on any atom is 0.335 e. The number of amides is 2. The van der Waals surface area contributed by atoms with Crippen molar-refractivity contribution < 1.29 is 24.2 Å². The number of ether oxygens (including phenoxy) is 1. The lowest BCUT2D eigenvalue weighted by Crippen LogP contribution is -2.35. The lowest BCUT2D eigenvalue weighted by atomic mass is 10.1. The Hall–Kier alpha value is -2.57. The molecule has 0 heterocycles. The Morgan fingerprint density at radius 3 is 2.38 bits per heavy atom. The van der Waals surface area contributed by atoms with Gasteiger partial charge in [-0.05, 0) is 24.1 Å². The van der Waals surface area contributed by atoms with E-state index in [4.69, 9.17) is 5.11 Å². The Labute approximate surface area is 122 Å². The highest BCUT2D eigenvalue weighted by Crippen LogP contribution is 2.04. The van der Waals surface area contributed by atoms with Crippen LogP contribution in [0.15, 0.2) is 24.3 Å². The van der Waals surface area contributed by atoms with Gasteiger partial charge in [0.15, 0.2) is 0 Å². The Balaban J connectivity index is 2.23. The topological polar surface area (TPSA) is 105 Å². The van der Waals surface area contributed by atoms with E-state index in [0.29, 0.717) is 19.5 Å². The largest absolute Gasteiger partial charge is 0.478 e. The van der Waals surface area contributed by atoms with Crippen LogP contribution in [0.25, 0.3) is 0 Å². The number of carboxylic acid groups (broad SMARTS) is 1. The number of esters is 1. The second-order valence-corrected chi connectivity index (χ2v) is 4.29. The number of nitrogens with one attached hydrogen (secondary N) is 2.